The van der Waals surface area contributed by atoms with E-state index >= 15 is 0 Å². The van der Waals surface area contributed by atoms with Crippen LogP contribution in [0.3, 0.4) is 0 Å². The van der Waals surface area contributed by atoms with Gasteiger partial charge in [-0.3, -0.25) is 4.79 Å². The molecule has 3 rings (SSSR count). The number of fused-ring (bicyclic) bond motifs is 1. The summed E-state index contributed by atoms with van der Waals surface area (Å²) in [5.74, 6) is 0.585. The first-order chi connectivity index (χ1) is 9.09. The summed E-state index contributed by atoms with van der Waals surface area (Å²) in [5, 5.41) is 1.07. The van der Waals surface area contributed by atoms with Crippen molar-refractivity contribution in [2.24, 2.45) is 5.73 Å². The summed E-state index contributed by atoms with van der Waals surface area (Å²) < 4.78 is 0. The summed E-state index contributed by atoms with van der Waals surface area (Å²) in [7, 11) is 0. The number of nitrogens with two attached hydrogens (primary N) is 1. The van der Waals surface area contributed by atoms with Crippen LogP contribution in [0.25, 0.3) is 10.2 Å². The molecule has 2 aromatic rings. The highest BCUT2D eigenvalue weighted by molar-refractivity contribution is 7.18. The molecular formula is C13H16N4OS. The molecule has 0 spiro atoms. The van der Waals surface area contributed by atoms with Crippen molar-refractivity contribution in [1.29, 1.82) is 0 Å². The van der Waals surface area contributed by atoms with E-state index in [1.165, 1.54) is 10.4 Å². The van der Waals surface area contributed by atoms with Crippen molar-refractivity contribution in [2.75, 3.05) is 11.4 Å². The minimum absolute atomic E-state index is 0.238. The Morgan fingerprint density at radius 3 is 3.00 bits per heavy atom. The number of aromatic nitrogens is 2. The lowest BCUT2D eigenvalue weighted by Crippen LogP contribution is -2.40. The van der Waals surface area contributed by atoms with Crippen molar-refractivity contribution in [3.8, 4) is 0 Å². The van der Waals surface area contributed by atoms with E-state index < -0.39 is 0 Å². The van der Waals surface area contributed by atoms with E-state index in [-0.39, 0.29) is 11.9 Å². The third-order valence-electron chi connectivity index (χ3n) is 3.80. The van der Waals surface area contributed by atoms with E-state index in [9.17, 15) is 4.79 Å². The Kier molecular flexibility index (Phi) is 2.89. The second-order valence-electron chi connectivity index (χ2n) is 4.91. The van der Waals surface area contributed by atoms with Crippen LogP contribution >= 0.6 is 11.3 Å². The zero-order valence-corrected chi connectivity index (χ0v) is 11.8. The Bertz CT molecular complexity index is 651. The predicted molar refractivity (Wildman–Crippen MR) is 76.5 cm³/mol. The first-order valence-corrected chi connectivity index (χ1v) is 7.18. The van der Waals surface area contributed by atoms with Crippen LogP contribution in [0.5, 0.6) is 0 Å². The van der Waals surface area contributed by atoms with Crippen molar-refractivity contribution in [3.63, 3.8) is 0 Å². The summed E-state index contributed by atoms with van der Waals surface area (Å²) >= 11 is 1.67. The minimum atomic E-state index is -0.270. The van der Waals surface area contributed by atoms with Gasteiger partial charge in [-0.15, -0.1) is 11.3 Å². The van der Waals surface area contributed by atoms with Gasteiger partial charge in [-0.1, -0.05) is 0 Å². The maximum Gasteiger partial charge on any atom is 0.240 e. The van der Waals surface area contributed by atoms with Gasteiger partial charge < -0.3 is 10.6 Å². The van der Waals surface area contributed by atoms with Gasteiger partial charge in [-0.2, -0.15) is 0 Å². The molecule has 1 unspecified atom stereocenters. The lowest BCUT2D eigenvalue weighted by atomic mass is 10.2. The minimum Gasteiger partial charge on any atom is -0.368 e. The lowest BCUT2D eigenvalue weighted by Gasteiger charge is -2.23. The number of anilines is 1. The van der Waals surface area contributed by atoms with Gasteiger partial charge in [0.1, 0.15) is 23.0 Å². The molecule has 0 aliphatic carbocycles. The van der Waals surface area contributed by atoms with Crippen molar-refractivity contribution < 1.29 is 4.79 Å². The van der Waals surface area contributed by atoms with Crippen LogP contribution in [0.4, 0.5) is 5.82 Å². The molecule has 2 aromatic heterocycles. The second kappa shape index (κ2) is 4.45. The highest BCUT2D eigenvalue weighted by atomic mass is 32.1. The molecule has 1 saturated heterocycles. The Balaban J connectivity index is 2.17. The SMILES string of the molecule is Cc1sc2ncnc(N3CCCC3C(N)=O)c2c1C. The maximum absolute atomic E-state index is 11.6. The number of nitrogens with zero attached hydrogens (tertiary/aromatic N) is 3. The van der Waals surface area contributed by atoms with Crippen LogP contribution in [0, 0.1) is 13.8 Å². The molecule has 0 aromatic carbocycles. The first kappa shape index (κ1) is 12.3. The molecule has 6 heteroatoms. The average molecular weight is 276 g/mol. The van der Waals surface area contributed by atoms with Gasteiger partial charge in [0.25, 0.3) is 0 Å². The smallest absolute Gasteiger partial charge is 0.240 e. The van der Waals surface area contributed by atoms with Crippen LogP contribution in [-0.2, 0) is 4.79 Å². The Morgan fingerprint density at radius 2 is 2.26 bits per heavy atom. The highest BCUT2D eigenvalue weighted by Gasteiger charge is 2.31. The number of aryl methyl sites for hydroxylation is 2. The van der Waals surface area contributed by atoms with Gasteiger partial charge in [-0.25, -0.2) is 9.97 Å². The number of amides is 1. The summed E-state index contributed by atoms with van der Waals surface area (Å²) in [5.41, 5.74) is 6.69. The molecule has 1 aliphatic rings. The monoisotopic (exact) mass is 276 g/mol. The summed E-state index contributed by atoms with van der Waals surface area (Å²) in [6.45, 7) is 4.99. The molecule has 1 aliphatic heterocycles. The van der Waals surface area contributed by atoms with Crippen LogP contribution in [0.1, 0.15) is 23.3 Å². The van der Waals surface area contributed by atoms with Crippen LogP contribution in [0.2, 0.25) is 0 Å². The molecule has 0 saturated carbocycles. The van der Waals surface area contributed by atoms with E-state index in [4.69, 9.17) is 5.73 Å². The standard InChI is InChI=1S/C13H16N4OS/c1-7-8(2)19-13-10(7)12(15-6-16-13)17-5-3-4-9(17)11(14)18/h6,9H,3-5H2,1-2H3,(H2,14,18). The van der Waals surface area contributed by atoms with Gasteiger partial charge in [0, 0.05) is 11.4 Å². The van der Waals surface area contributed by atoms with Crippen molar-refractivity contribution >= 4 is 33.3 Å². The normalized spacial score (nSPS) is 19.3. The van der Waals surface area contributed by atoms with E-state index in [1.807, 2.05) is 4.90 Å². The van der Waals surface area contributed by atoms with Crippen LogP contribution < -0.4 is 10.6 Å². The van der Waals surface area contributed by atoms with Gasteiger partial charge in [0.05, 0.1) is 5.39 Å². The molecule has 100 valence electrons. The van der Waals surface area contributed by atoms with Gasteiger partial charge in [-0.05, 0) is 32.3 Å². The highest BCUT2D eigenvalue weighted by Crippen LogP contribution is 2.36. The zero-order chi connectivity index (χ0) is 13.6. The molecule has 2 N–H and O–H groups in total. The fourth-order valence-corrected chi connectivity index (χ4v) is 3.69. The molecule has 1 atom stereocenters. The molecule has 1 amide bonds. The number of primary amides is 1. The van der Waals surface area contributed by atoms with Crippen molar-refractivity contribution in [3.05, 3.63) is 16.8 Å². The third kappa shape index (κ3) is 1.87. The Hall–Kier alpha value is -1.69. The molecule has 3 heterocycles. The van der Waals surface area contributed by atoms with Crippen molar-refractivity contribution in [2.45, 2.75) is 32.7 Å². The van der Waals surface area contributed by atoms with Gasteiger partial charge in [0.15, 0.2) is 0 Å². The fourth-order valence-electron chi connectivity index (χ4n) is 2.70. The van der Waals surface area contributed by atoms with Gasteiger partial charge >= 0.3 is 0 Å². The number of carbonyl (C=O) groups excluding carboxylic acids is 1. The number of hydrogen-bond acceptors (Lipinski definition) is 5. The fraction of sp³-hybridized carbons (Fsp3) is 0.462. The van der Waals surface area contributed by atoms with Crippen LogP contribution in [-0.4, -0.2) is 28.5 Å². The first-order valence-electron chi connectivity index (χ1n) is 6.36. The lowest BCUT2D eigenvalue weighted by molar-refractivity contribution is -0.119. The molecule has 1 fully saturated rings. The topological polar surface area (TPSA) is 72.1 Å². The van der Waals surface area contributed by atoms with E-state index in [2.05, 4.69) is 23.8 Å². The average Bonchev–Trinajstić information content (AvgIpc) is 2.96. The summed E-state index contributed by atoms with van der Waals surface area (Å²) in [4.78, 5) is 24.5. The zero-order valence-electron chi connectivity index (χ0n) is 11.0. The molecule has 19 heavy (non-hydrogen) atoms. The molecule has 5 nitrogen and oxygen atoms in total. The van der Waals surface area contributed by atoms with Gasteiger partial charge in [0.2, 0.25) is 5.91 Å². The molecular weight excluding hydrogens is 260 g/mol. The quantitative estimate of drug-likeness (QED) is 0.907. The molecule has 0 bridgehead atoms. The van der Waals surface area contributed by atoms with E-state index in [0.717, 1.165) is 35.4 Å². The van der Waals surface area contributed by atoms with Crippen molar-refractivity contribution in [1.82, 2.24) is 9.97 Å². The number of hydrogen-bond donors (Lipinski definition) is 1. The molecule has 0 radical (unpaired) electrons. The number of thiophene rings is 1. The maximum atomic E-state index is 11.6. The second-order valence-corrected chi connectivity index (χ2v) is 6.12. The van der Waals surface area contributed by atoms with E-state index in [0.29, 0.717) is 0 Å². The summed E-state index contributed by atoms with van der Waals surface area (Å²) in [6.07, 6.45) is 3.35. The van der Waals surface area contributed by atoms with Crippen LogP contribution in [0.15, 0.2) is 6.33 Å². The third-order valence-corrected chi connectivity index (χ3v) is 4.91. The number of carbonyl (C=O) groups is 1. The summed E-state index contributed by atoms with van der Waals surface area (Å²) in [6, 6.07) is -0.238. The Labute approximate surface area is 115 Å². The van der Waals surface area contributed by atoms with E-state index in [1.54, 1.807) is 17.7 Å². The Morgan fingerprint density at radius 1 is 1.47 bits per heavy atom. The predicted octanol–water partition coefficient (Wildman–Crippen LogP) is 1.76. The largest absolute Gasteiger partial charge is 0.368 e. The number of rotatable bonds is 2.